The van der Waals surface area contributed by atoms with Crippen LogP contribution in [0.15, 0.2) is 41.0 Å². The van der Waals surface area contributed by atoms with Gasteiger partial charge in [0.1, 0.15) is 5.76 Å². The number of rotatable bonds is 1. The smallest absolute Gasteiger partial charge is 0.261 e. The zero-order valence-electron chi connectivity index (χ0n) is 10.7. The Morgan fingerprint density at radius 2 is 2.16 bits per heavy atom. The lowest BCUT2D eigenvalue weighted by Gasteiger charge is -2.32. The molecule has 2 aromatic rings. The maximum absolute atomic E-state index is 12.5. The number of carbonyl (C=O) groups excluding carboxylic acids is 1. The number of aliphatic hydroxyl groups is 1. The lowest BCUT2D eigenvalue weighted by Crippen LogP contribution is -2.36. The number of amides is 1. The van der Waals surface area contributed by atoms with Gasteiger partial charge in [-0.25, -0.2) is 0 Å². The van der Waals surface area contributed by atoms with Crippen molar-refractivity contribution in [1.29, 1.82) is 0 Å². The predicted octanol–water partition coefficient (Wildman–Crippen LogP) is 2.67. The van der Waals surface area contributed by atoms with Gasteiger partial charge < -0.3 is 14.4 Å². The van der Waals surface area contributed by atoms with E-state index >= 15 is 0 Å². The zero-order valence-corrected chi connectivity index (χ0v) is 10.7. The van der Waals surface area contributed by atoms with Crippen LogP contribution in [0.3, 0.4) is 0 Å². The van der Waals surface area contributed by atoms with E-state index < -0.39 is 6.10 Å². The molecular formula is C15H15NO3. The molecule has 1 amide bonds. The van der Waals surface area contributed by atoms with Gasteiger partial charge in [0.15, 0.2) is 0 Å². The highest BCUT2D eigenvalue weighted by atomic mass is 16.3. The molecule has 19 heavy (non-hydrogen) atoms. The maximum Gasteiger partial charge on any atom is 0.261 e. The van der Waals surface area contributed by atoms with Gasteiger partial charge >= 0.3 is 0 Å². The minimum absolute atomic E-state index is 0.0781. The Bertz CT molecular complexity index is 617. The second-order valence-electron chi connectivity index (χ2n) is 4.71. The second-order valence-corrected chi connectivity index (χ2v) is 4.71. The van der Waals surface area contributed by atoms with Crippen molar-refractivity contribution in [1.82, 2.24) is 0 Å². The molecule has 0 saturated carbocycles. The van der Waals surface area contributed by atoms with Crippen molar-refractivity contribution in [3.8, 4) is 0 Å². The van der Waals surface area contributed by atoms with E-state index in [-0.39, 0.29) is 5.91 Å². The van der Waals surface area contributed by atoms with Crippen molar-refractivity contribution in [2.24, 2.45) is 0 Å². The number of nitrogens with zero attached hydrogens (tertiary/aromatic N) is 1. The van der Waals surface area contributed by atoms with Crippen LogP contribution >= 0.6 is 0 Å². The van der Waals surface area contributed by atoms with Gasteiger partial charge in [-0.2, -0.15) is 0 Å². The first-order valence-electron chi connectivity index (χ1n) is 6.31. The number of benzene rings is 1. The minimum Gasteiger partial charge on any atom is -0.469 e. The van der Waals surface area contributed by atoms with Gasteiger partial charge in [-0.15, -0.1) is 0 Å². The van der Waals surface area contributed by atoms with E-state index in [0.29, 0.717) is 24.3 Å². The standard InChI is InChI=1S/C15H15NO3/c1-10-11(7-9-19-10)15(18)16-8-6-14(17)12-4-2-3-5-13(12)16/h2-5,7,9,14,17H,6,8H2,1H3. The van der Waals surface area contributed by atoms with Crippen molar-refractivity contribution >= 4 is 11.6 Å². The van der Waals surface area contributed by atoms with Crippen LogP contribution in [0.25, 0.3) is 0 Å². The lowest BCUT2D eigenvalue weighted by molar-refractivity contribution is 0.0969. The molecule has 0 radical (unpaired) electrons. The molecule has 4 nitrogen and oxygen atoms in total. The summed E-state index contributed by atoms with van der Waals surface area (Å²) in [6, 6.07) is 9.16. The van der Waals surface area contributed by atoms with Gasteiger partial charge in [0.2, 0.25) is 0 Å². The molecule has 0 bridgehead atoms. The molecule has 0 fully saturated rings. The Labute approximate surface area is 111 Å². The van der Waals surface area contributed by atoms with Gasteiger partial charge in [0.05, 0.1) is 17.9 Å². The van der Waals surface area contributed by atoms with Gasteiger partial charge in [0, 0.05) is 17.8 Å². The Morgan fingerprint density at radius 1 is 1.37 bits per heavy atom. The fourth-order valence-corrected chi connectivity index (χ4v) is 2.51. The molecule has 4 heteroatoms. The average Bonchev–Trinajstić information content (AvgIpc) is 2.85. The van der Waals surface area contributed by atoms with Gasteiger partial charge in [-0.3, -0.25) is 4.79 Å². The van der Waals surface area contributed by atoms with Crippen molar-refractivity contribution in [3.63, 3.8) is 0 Å². The maximum atomic E-state index is 12.5. The number of aryl methyl sites for hydroxylation is 1. The summed E-state index contributed by atoms with van der Waals surface area (Å²) in [6.45, 7) is 2.29. The minimum atomic E-state index is -0.495. The molecule has 1 atom stereocenters. The summed E-state index contributed by atoms with van der Waals surface area (Å²) in [4.78, 5) is 14.2. The van der Waals surface area contributed by atoms with Crippen LogP contribution in [-0.2, 0) is 0 Å². The summed E-state index contributed by atoms with van der Waals surface area (Å²) in [7, 11) is 0. The normalized spacial score (nSPS) is 18.2. The molecule has 98 valence electrons. The molecule has 0 aliphatic carbocycles. The van der Waals surface area contributed by atoms with Gasteiger partial charge in [-0.1, -0.05) is 18.2 Å². The molecule has 1 aromatic heterocycles. The number of para-hydroxylation sites is 1. The molecule has 0 saturated heterocycles. The molecule has 1 unspecified atom stereocenters. The molecule has 1 aliphatic rings. The quantitative estimate of drug-likeness (QED) is 0.854. The van der Waals surface area contributed by atoms with E-state index in [2.05, 4.69) is 0 Å². The van der Waals surface area contributed by atoms with E-state index in [0.717, 1.165) is 11.3 Å². The summed E-state index contributed by atoms with van der Waals surface area (Å²) in [5.41, 5.74) is 2.17. The summed E-state index contributed by atoms with van der Waals surface area (Å²) in [6.07, 6.45) is 1.58. The summed E-state index contributed by atoms with van der Waals surface area (Å²) in [5.74, 6) is 0.541. The highest BCUT2D eigenvalue weighted by Crippen LogP contribution is 2.34. The van der Waals surface area contributed by atoms with Crippen molar-refractivity contribution < 1.29 is 14.3 Å². The van der Waals surface area contributed by atoms with Crippen LogP contribution in [0.5, 0.6) is 0 Å². The third-order valence-corrected chi connectivity index (χ3v) is 3.55. The van der Waals surface area contributed by atoms with Gasteiger partial charge in [0.25, 0.3) is 5.91 Å². The molecule has 2 heterocycles. The van der Waals surface area contributed by atoms with Crippen LogP contribution in [0.2, 0.25) is 0 Å². The summed E-state index contributed by atoms with van der Waals surface area (Å²) >= 11 is 0. The number of hydrogen-bond acceptors (Lipinski definition) is 3. The predicted molar refractivity (Wildman–Crippen MR) is 71.1 cm³/mol. The van der Waals surface area contributed by atoms with Crippen LogP contribution in [0.1, 0.15) is 34.2 Å². The SMILES string of the molecule is Cc1occc1C(=O)N1CCC(O)c2ccccc21. The third-order valence-electron chi connectivity index (χ3n) is 3.55. The first kappa shape index (κ1) is 12.0. The van der Waals surface area contributed by atoms with Crippen molar-refractivity contribution in [2.45, 2.75) is 19.4 Å². The Morgan fingerprint density at radius 3 is 2.89 bits per heavy atom. The molecule has 3 rings (SSSR count). The fraction of sp³-hybridized carbons (Fsp3) is 0.267. The highest BCUT2D eigenvalue weighted by molar-refractivity contribution is 6.07. The third kappa shape index (κ3) is 1.94. The van der Waals surface area contributed by atoms with Crippen LogP contribution < -0.4 is 4.90 Å². The lowest BCUT2D eigenvalue weighted by atomic mass is 9.98. The topological polar surface area (TPSA) is 53.7 Å². The Balaban J connectivity index is 2.01. The second kappa shape index (κ2) is 4.55. The first-order valence-corrected chi connectivity index (χ1v) is 6.31. The zero-order chi connectivity index (χ0) is 13.4. The summed E-state index contributed by atoms with van der Waals surface area (Å²) < 4.78 is 5.19. The molecule has 1 aromatic carbocycles. The molecule has 1 aliphatic heterocycles. The number of aliphatic hydroxyl groups excluding tert-OH is 1. The van der Waals surface area contributed by atoms with Crippen LogP contribution in [0, 0.1) is 6.92 Å². The first-order chi connectivity index (χ1) is 9.18. The van der Waals surface area contributed by atoms with Crippen LogP contribution in [-0.4, -0.2) is 17.6 Å². The summed E-state index contributed by atoms with van der Waals surface area (Å²) in [5, 5.41) is 9.99. The highest BCUT2D eigenvalue weighted by Gasteiger charge is 2.29. The number of anilines is 1. The Kier molecular flexibility index (Phi) is 2.87. The van der Waals surface area contributed by atoms with Crippen molar-refractivity contribution in [2.75, 3.05) is 11.4 Å². The Hall–Kier alpha value is -2.07. The molecular weight excluding hydrogens is 242 g/mol. The van der Waals surface area contributed by atoms with E-state index in [1.54, 1.807) is 17.9 Å². The van der Waals surface area contributed by atoms with E-state index in [1.165, 1.54) is 6.26 Å². The van der Waals surface area contributed by atoms with E-state index in [4.69, 9.17) is 4.42 Å². The monoisotopic (exact) mass is 257 g/mol. The number of hydrogen-bond donors (Lipinski definition) is 1. The van der Waals surface area contributed by atoms with E-state index in [1.807, 2.05) is 24.3 Å². The van der Waals surface area contributed by atoms with Crippen LogP contribution in [0.4, 0.5) is 5.69 Å². The average molecular weight is 257 g/mol. The number of furan rings is 1. The fourth-order valence-electron chi connectivity index (χ4n) is 2.51. The van der Waals surface area contributed by atoms with Gasteiger partial charge in [-0.05, 0) is 25.5 Å². The number of fused-ring (bicyclic) bond motifs is 1. The van der Waals surface area contributed by atoms with E-state index in [9.17, 15) is 9.90 Å². The largest absolute Gasteiger partial charge is 0.469 e. The van der Waals surface area contributed by atoms with Crippen molar-refractivity contribution in [3.05, 3.63) is 53.5 Å². The molecule has 0 spiro atoms. The number of carbonyl (C=O) groups is 1. The molecule has 1 N–H and O–H groups in total.